The lowest BCUT2D eigenvalue weighted by atomic mass is 10.2. The maximum Gasteiger partial charge on any atom is 0.371 e. The van der Waals surface area contributed by atoms with Gasteiger partial charge in [-0.05, 0) is 11.6 Å². The lowest BCUT2D eigenvalue weighted by Crippen LogP contribution is -2.04. The summed E-state index contributed by atoms with van der Waals surface area (Å²) in [5.74, 6) is -2.58. The Bertz CT molecular complexity index is 462. The first-order valence-corrected chi connectivity index (χ1v) is 4.39. The predicted octanol–water partition coefficient (Wildman–Crippen LogP) is 3.16. The number of hydrogen-bond acceptors (Lipinski definition) is 2. The van der Waals surface area contributed by atoms with E-state index in [9.17, 15) is 18.0 Å². The lowest BCUT2D eigenvalue weighted by molar-refractivity contribution is -0.136. The Hall–Kier alpha value is -2.24. The number of benzene rings is 1. The quantitative estimate of drug-likeness (QED) is 0.653. The normalized spacial score (nSPS) is 10.9. The Morgan fingerprint density at radius 3 is 2.24 bits per heavy atom. The average molecular weight is 244 g/mol. The molecule has 0 aliphatic carbocycles. The summed E-state index contributed by atoms with van der Waals surface area (Å²) in [6.07, 6.45) is -1.78. The second-order valence-electron chi connectivity index (χ2n) is 2.86. The number of carbonyl (C=O) groups is 1. The monoisotopic (exact) mass is 244 g/mol. The second-order valence-corrected chi connectivity index (χ2v) is 2.86. The molecule has 0 spiro atoms. The number of carboxylic acids is 1. The molecule has 0 aliphatic heterocycles. The van der Waals surface area contributed by atoms with Crippen LogP contribution < -0.4 is 0 Å². The van der Waals surface area contributed by atoms with Crippen molar-refractivity contribution in [3.63, 3.8) is 0 Å². The molecule has 1 aromatic carbocycles. The summed E-state index contributed by atoms with van der Waals surface area (Å²) in [6.45, 7) is 0. The Kier molecular flexibility index (Phi) is 4.33. The van der Waals surface area contributed by atoms with Gasteiger partial charge in [-0.3, -0.25) is 0 Å². The highest BCUT2D eigenvalue weighted by atomic mass is 19.3. The molecular weight excluding hydrogens is 237 g/mol. The molecule has 1 aromatic rings. The van der Waals surface area contributed by atoms with E-state index in [0.717, 1.165) is 6.08 Å². The van der Waals surface area contributed by atoms with Gasteiger partial charge in [0.2, 0.25) is 5.76 Å². The molecule has 1 rings (SSSR count). The van der Waals surface area contributed by atoms with Crippen LogP contribution in [-0.4, -0.2) is 11.1 Å². The van der Waals surface area contributed by atoms with Gasteiger partial charge < -0.3 is 9.84 Å². The molecule has 0 amide bonds. The number of rotatable bonds is 4. The molecule has 0 atom stereocenters. The standard InChI is InChI=1S/C11H7F3O3/c12-9(13)10(14)17-8(11(15)16)6-7-4-2-1-3-5-7/h1-6H,(H,15,16). The van der Waals surface area contributed by atoms with E-state index in [4.69, 9.17) is 5.11 Å². The van der Waals surface area contributed by atoms with Gasteiger partial charge in [-0.2, -0.15) is 13.2 Å². The van der Waals surface area contributed by atoms with Gasteiger partial charge in [-0.15, -0.1) is 0 Å². The minimum absolute atomic E-state index is 0.386. The number of halogens is 3. The van der Waals surface area contributed by atoms with Gasteiger partial charge >= 0.3 is 18.1 Å². The first-order valence-electron chi connectivity index (χ1n) is 4.39. The third-order valence-corrected chi connectivity index (χ3v) is 1.66. The molecular formula is C11H7F3O3. The minimum Gasteiger partial charge on any atom is -0.475 e. The van der Waals surface area contributed by atoms with Crippen molar-refractivity contribution in [2.75, 3.05) is 0 Å². The molecule has 0 unspecified atom stereocenters. The molecule has 0 saturated heterocycles. The van der Waals surface area contributed by atoms with E-state index in [1.54, 1.807) is 18.2 Å². The number of hydrogen-bond donors (Lipinski definition) is 1. The zero-order valence-corrected chi connectivity index (χ0v) is 8.36. The van der Waals surface area contributed by atoms with E-state index in [0.29, 0.717) is 5.56 Å². The van der Waals surface area contributed by atoms with E-state index >= 15 is 0 Å². The minimum atomic E-state index is -2.72. The van der Waals surface area contributed by atoms with Gasteiger partial charge in [0.25, 0.3) is 0 Å². The third kappa shape index (κ3) is 4.02. The van der Waals surface area contributed by atoms with Crippen molar-refractivity contribution in [1.29, 1.82) is 0 Å². The fourth-order valence-corrected chi connectivity index (χ4v) is 0.971. The summed E-state index contributed by atoms with van der Waals surface area (Å²) < 4.78 is 39.8. The largest absolute Gasteiger partial charge is 0.475 e. The van der Waals surface area contributed by atoms with Crippen LogP contribution in [0.25, 0.3) is 6.08 Å². The molecule has 17 heavy (non-hydrogen) atoms. The Morgan fingerprint density at radius 1 is 1.18 bits per heavy atom. The fraction of sp³-hybridized carbons (Fsp3) is 0. The van der Waals surface area contributed by atoms with Crippen LogP contribution in [0, 0.1) is 0 Å². The fourth-order valence-electron chi connectivity index (χ4n) is 0.971. The van der Waals surface area contributed by atoms with Gasteiger partial charge in [0.05, 0.1) is 0 Å². The molecule has 90 valence electrons. The molecule has 0 saturated carbocycles. The van der Waals surface area contributed by atoms with E-state index in [2.05, 4.69) is 4.74 Å². The zero-order chi connectivity index (χ0) is 12.8. The van der Waals surface area contributed by atoms with Crippen LogP contribution in [0.2, 0.25) is 0 Å². The molecule has 0 aromatic heterocycles. The van der Waals surface area contributed by atoms with E-state index in [1.165, 1.54) is 12.1 Å². The van der Waals surface area contributed by atoms with Crippen molar-refractivity contribution in [2.24, 2.45) is 0 Å². The first kappa shape index (κ1) is 12.8. The number of carboxylic acid groups (broad SMARTS) is 1. The van der Waals surface area contributed by atoms with Gasteiger partial charge in [0.15, 0.2) is 0 Å². The van der Waals surface area contributed by atoms with Crippen LogP contribution in [0.4, 0.5) is 13.2 Å². The van der Waals surface area contributed by atoms with Crippen LogP contribution in [0.5, 0.6) is 0 Å². The van der Waals surface area contributed by atoms with Crippen molar-refractivity contribution in [2.45, 2.75) is 0 Å². The maximum absolute atomic E-state index is 12.4. The second kappa shape index (κ2) is 5.74. The van der Waals surface area contributed by atoms with Crippen molar-refractivity contribution in [3.05, 3.63) is 53.7 Å². The van der Waals surface area contributed by atoms with Gasteiger partial charge in [-0.25, -0.2) is 4.79 Å². The summed E-state index contributed by atoms with van der Waals surface area (Å²) in [4.78, 5) is 10.6. The van der Waals surface area contributed by atoms with Crippen LogP contribution >= 0.6 is 0 Å². The molecule has 0 heterocycles. The molecule has 0 aliphatic rings. The van der Waals surface area contributed by atoms with Gasteiger partial charge in [0.1, 0.15) is 0 Å². The van der Waals surface area contributed by atoms with Crippen molar-refractivity contribution in [3.8, 4) is 0 Å². The van der Waals surface area contributed by atoms with Crippen molar-refractivity contribution in [1.82, 2.24) is 0 Å². The van der Waals surface area contributed by atoms with Crippen LogP contribution in [0.15, 0.2) is 48.2 Å². The Labute approximate surface area is 94.4 Å². The predicted molar refractivity (Wildman–Crippen MR) is 53.5 cm³/mol. The van der Waals surface area contributed by atoms with Crippen LogP contribution in [0.1, 0.15) is 5.56 Å². The molecule has 1 N–H and O–H groups in total. The average Bonchev–Trinajstić information content (AvgIpc) is 2.29. The highest BCUT2D eigenvalue weighted by molar-refractivity contribution is 5.90. The topological polar surface area (TPSA) is 46.5 Å². The SMILES string of the molecule is O=C(O)C(=Cc1ccccc1)OC(F)=C(F)F. The number of ether oxygens (including phenoxy) is 1. The molecule has 6 heteroatoms. The van der Waals surface area contributed by atoms with E-state index < -0.39 is 23.8 Å². The Morgan fingerprint density at radius 2 is 1.76 bits per heavy atom. The summed E-state index contributed by atoms with van der Waals surface area (Å²) in [6, 6.07) is 5.69. The molecule has 3 nitrogen and oxygen atoms in total. The molecule has 0 fully saturated rings. The highest BCUT2D eigenvalue weighted by Gasteiger charge is 2.15. The molecule has 0 radical (unpaired) electrons. The van der Waals surface area contributed by atoms with Gasteiger partial charge in [0, 0.05) is 0 Å². The van der Waals surface area contributed by atoms with Gasteiger partial charge in [-0.1, -0.05) is 30.3 Å². The summed E-state index contributed by atoms with van der Waals surface area (Å²) in [5, 5.41) is 8.64. The van der Waals surface area contributed by atoms with Crippen LogP contribution in [-0.2, 0) is 9.53 Å². The maximum atomic E-state index is 12.4. The van der Waals surface area contributed by atoms with Crippen LogP contribution in [0.3, 0.4) is 0 Å². The highest BCUT2D eigenvalue weighted by Crippen LogP contribution is 2.17. The van der Waals surface area contributed by atoms with Crippen molar-refractivity contribution >= 4 is 12.0 Å². The summed E-state index contributed by atoms with van der Waals surface area (Å²) in [7, 11) is 0. The zero-order valence-electron chi connectivity index (χ0n) is 8.36. The summed E-state index contributed by atoms with van der Waals surface area (Å²) in [5.41, 5.74) is 0.386. The smallest absolute Gasteiger partial charge is 0.371 e. The molecule has 0 bridgehead atoms. The Balaban J connectivity index is 2.99. The lowest BCUT2D eigenvalue weighted by Gasteiger charge is -2.02. The number of aliphatic carboxylic acids is 1. The van der Waals surface area contributed by atoms with E-state index in [-0.39, 0.29) is 0 Å². The third-order valence-electron chi connectivity index (χ3n) is 1.66. The summed E-state index contributed by atoms with van der Waals surface area (Å²) >= 11 is 0. The van der Waals surface area contributed by atoms with Crippen molar-refractivity contribution < 1.29 is 27.8 Å². The van der Waals surface area contributed by atoms with E-state index in [1.807, 2.05) is 0 Å². The first-order chi connectivity index (χ1) is 8.00.